The molecule has 3 rings (SSSR count). The molecular weight excluding hydrogens is 254 g/mol. The number of hydrogen-bond donors (Lipinski definition) is 1. The second-order valence-corrected chi connectivity index (χ2v) is 6.68. The molecule has 0 atom stereocenters. The monoisotopic (exact) mass is 281 g/mol. The summed E-state index contributed by atoms with van der Waals surface area (Å²) in [7, 11) is 0. The molecule has 2 aromatic carbocycles. The lowest BCUT2D eigenvalue weighted by molar-refractivity contribution is 0.246. The highest BCUT2D eigenvalue weighted by molar-refractivity contribution is 5.85. The van der Waals surface area contributed by atoms with Gasteiger partial charge < -0.3 is 5.32 Å². The van der Waals surface area contributed by atoms with Crippen LogP contribution in [0.2, 0.25) is 0 Å². The van der Waals surface area contributed by atoms with Crippen LogP contribution in [-0.2, 0) is 6.42 Å². The van der Waals surface area contributed by atoms with E-state index in [-0.39, 0.29) is 0 Å². The number of fused-ring (bicyclic) bond motifs is 1. The van der Waals surface area contributed by atoms with Crippen LogP contribution in [0.1, 0.15) is 45.1 Å². The van der Waals surface area contributed by atoms with E-state index >= 15 is 0 Å². The smallest absolute Gasteiger partial charge is 0.00684 e. The molecule has 2 aromatic rings. The van der Waals surface area contributed by atoms with Crippen LogP contribution >= 0.6 is 0 Å². The Labute approximate surface area is 128 Å². The van der Waals surface area contributed by atoms with E-state index in [1.807, 2.05) is 0 Å². The third-order valence-corrected chi connectivity index (χ3v) is 5.29. The maximum Gasteiger partial charge on any atom is 0.00684 e. The largest absolute Gasteiger partial charge is 0.313 e. The summed E-state index contributed by atoms with van der Waals surface area (Å²) in [6.07, 6.45) is 6.41. The van der Waals surface area contributed by atoms with E-state index < -0.39 is 0 Å². The molecule has 21 heavy (non-hydrogen) atoms. The molecule has 0 heterocycles. The first-order valence-electron chi connectivity index (χ1n) is 8.46. The molecule has 0 spiro atoms. The van der Waals surface area contributed by atoms with Gasteiger partial charge in [-0.25, -0.2) is 0 Å². The Hall–Kier alpha value is -1.34. The van der Waals surface area contributed by atoms with Gasteiger partial charge in [-0.05, 0) is 53.9 Å². The van der Waals surface area contributed by atoms with Crippen LogP contribution in [0.3, 0.4) is 0 Å². The van der Waals surface area contributed by atoms with Crippen molar-refractivity contribution in [2.75, 3.05) is 6.54 Å². The first-order valence-corrected chi connectivity index (χ1v) is 8.46. The Kier molecular flexibility index (Phi) is 4.30. The maximum atomic E-state index is 3.77. The number of nitrogens with one attached hydrogen (secondary N) is 1. The first kappa shape index (κ1) is 14.6. The Morgan fingerprint density at radius 1 is 1.00 bits per heavy atom. The number of hydrogen-bond acceptors (Lipinski definition) is 1. The Morgan fingerprint density at radius 2 is 1.71 bits per heavy atom. The van der Waals surface area contributed by atoms with Crippen molar-refractivity contribution < 1.29 is 0 Å². The molecule has 0 aromatic heterocycles. The normalized spacial score (nSPS) is 15.5. The molecule has 1 aliphatic carbocycles. The topological polar surface area (TPSA) is 12.0 Å². The zero-order chi connectivity index (χ0) is 14.7. The molecule has 1 heteroatoms. The summed E-state index contributed by atoms with van der Waals surface area (Å²) >= 11 is 0. The van der Waals surface area contributed by atoms with Crippen molar-refractivity contribution in [3.05, 3.63) is 48.0 Å². The van der Waals surface area contributed by atoms with Crippen LogP contribution in [-0.4, -0.2) is 12.6 Å². The molecule has 1 saturated carbocycles. The summed E-state index contributed by atoms with van der Waals surface area (Å²) in [5.41, 5.74) is 1.90. The number of rotatable bonds is 7. The third kappa shape index (κ3) is 3.29. The van der Waals surface area contributed by atoms with Crippen molar-refractivity contribution in [3.8, 4) is 0 Å². The van der Waals surface area contributed by atoms with Gasteiger partial charge in [-0.3, -0.25) is 0 Å². The number of benzene rings is 2. The summed E-state index contributed by atoms with van der Waals surface area (Å²) < 4.78 is 0. The lowest BCUT2D eigenvalue weighted by atomic mass is 9.76. The van der Waals surface area contributed by atoms with Crippen molar-refractivity contribution in [1.82, 2.24) is 5.32 Å². The minimum absolute atomic E-state index is 0.396. The van der Waals surface area contributed by atoms with Gasteiger partial charge in [0.2, 0.25) is 0 Å². The average molecular weight is 281 g/mol. The molecule has 0 unspecified atom stereocenters. The van der Waals surface area contributed by atoms with Gasteiger partial charge in [-0.1, -0.05) is 56.3 Å². The van der Waals surface area contributed by atoms with Crippen molar-refractivity contribution in [3.63, 3.8) is 0 Å². The summed E-state index contributed by atoms with van der Waals surface area (Å²) in [6.45, 7) is 5.86. The van der Waals surface area contributed by atoms with Crippen LogP contribution < -0.4 is 5.32 Å². The third-order valence-electron chi connectivity index (χ3n) is 5.29. The lowest BCUT2D eigenvalue weighted by Gasteiger charge is -2.33. The van der Waals surface area contributed by atoms with E-state index in [9.17, 15) is 0 Å². The van der Waals surface area contributed by atoms with Crippen LogP contribution in [0.5, 0.6) is 0 Å². The van der Waals surface area contributed by atoms with Gasteiger partial charge >= 0.3 is 0 Å². The second-order valence-electron chi connectivity index (χ2n) is 6.68. The van der Waals surface area contributed by atoms with Gasteiger partial charge in [0, 0.05) is 12.6 Å². The Balaban J connectivity index is 1.86. The van der Waals surface area contributed by atoms with Gasteiger partial charge in [-0.2, -0.15) is 0 Å². The van der Waals surface area contributed by atoms with Crippen molar-refractivity contribution >= 4 is 10.8 Å². The first-order chi connectivity index (χ1) is 10.3. The predicted molar refractivity (Wildman–Crippen MR) is 91.7 cm³/mol. The molecule has 1 aliphatic rings. The maximum absolute atomic E-state index is 3.77. The minimum Gasteiger partial charge on any atom is -0.313 e. The summed E-state index contributed by atoms with van der Waals surface area (Å²) in [5, 5.41) is 6.56. The van der Waals surface area contributed by atoms with Crippen LogP contribution in [0.4, 0.5) is 0 Å². The fourth-order valence-electron chi connectivity index (χ4n) is 3.31. The summed E-state index contributed by atoms with van der Waals surface area (Å²) in [5.74, 6) is 0. The van der Waals surface area contributed by atoms with E-state index in [1.165, 1.54) is 48.4 Å². The lowest BCUT2D eigenvalue weighted by Crippen LogP contribution is -2.36. The second kappa shape index (κ2) is 6.19. The highest BCUT2D eigenvalue weighted by Crippen LogP contribution is 2.34. The molecule has 1 nitrogen and oxygen atoms in total. The van der Waals surface area contributed by atoms with Gasteiger partial charge in [0.05, 0.1) is 0 Å². The fourth-order valence-corrected chi connectivity index (χ4v) is 3.31. The molecule has 1 N–H and O–H groups in total. The molecular formula is C20H27N. The Bertz CT molecular complexity index is 588. The zero-order valence-electron chi connectivity index (χ0n) is 13.4. The highest BCUT2D eigenvalue weighted by atomic mass is 15.0. The summed E-state index contributed by atoms with van der Waals surface area (Å²) in [4.78, 5) is 0. The molecule has 112 valence electrons. The molecule has 0 radical (unpaired) electrons. The van der Waals surface area contributed by atoms with Crippen molar-refractivity contribution in [2.45, 2.75) is 52.0 Å². The molecule has 0 aliphatic heterocycles. The SMILES string of the molecule is CCC(CC)(CNC1CC1)Cc1cccc2ccccc12. The van der Waals surface area contributed by atoms with Gasteiger partial charge in [0.25, 0.3) is 0 Å². The van der Waals surface area contributed by atoms with E-state index in [1.54, 1.807) is 0 Å². The molecule has 1 fully saturated rings. The fraction of sp³-hybridized carbons (Fsp3) is 0.500. The zero-order valence-corrected chi connectivity index (χ0v) is 13.4. The molecule has 0 bridgehead atoms. The summed E-state index contributed by atoms with van der Waals surface area (Å²) in [6, 6.07) is 16.3. The quantitative estimate of drug-likeness (QED) is 0.758. The molecule has 0 amide bonds. The van der Waals surface area contributed by atoms with Crippen LogP contribution in [0.15, 0.2) is 42.5 Å². The van der Waals surface area contributed by atoms with E-state index in [0.717, 1.165) is 12.6 Å². The van der Waals surface area contributed by atoms with Crippen LogP contribution in [0, 0.1) is 5.41 Å². The Morgan fingerprint density at radius 3 is 2.43 bits per heavy atom. The minimum atomic E-state index is 0.396. The molecule has 0 saturated heterocycles. The van der Waals surface area contributed by atoms with Gasteiger partial charge in [0.15, 0.2) is 0 Å². The highest BCUT2D eigenvalue weighted by Gasteiger charge is 2.30. The standard InChI is InChI=1S/C20H27N/c1-3-20(4-2,15-21-18-12-13-18)14-17-10-7-9-16-8-5-6-11-19(16)17/h5-11,18,21H,3-4,12-15H2,1-2H3. The van der Waals surface area contributed by atoms with Crippen molar-refractivity contribution in [2.24, 2.45) is 5.41 Å². The average Bonchev–Trinajstić information content (AvgIpc) is 3.36. The van der Waals surface area contributed by atoms with Crippen molar-refractivity contribution in [1.29, 1.82) is 0 Å². The van der Waals surface area contributed by atoms with Gasteiger partial charge in [-0.15, -0.1) is 0 Å². The predicted octanol–water partition coefficient (Wildman–Crippen LogP) is 4.94. The van der Waals surface area contributed by atoms with Crippen LogP contribution in [0.25, 0.3) is 10.8 Å². The van der Waals surface area contributed by atoms with Gasteiger partial charge in [0.1, 0.15) is 0 Å². The van der Waals surface area contributed by atoms with E-state index in [0.29, 0.717) is 5.41 Å². The van der Waals surface area contributed by atoms with E-state index in [2.05, 4.69) is 61.6 Å². The van der Waals surface area contributed by atoms with E-state index in [4.69, 9.17) is 0 Å².